The summed E-state index contributed by atoms with van der Waals surface area (Å²) in [5, 5.41) is 0.912. The van der Waals surface area contributed by atoms with Crippen LogP contribution in [0.25, 0.3) is 10.9 Å². The zero-order chi connectivity index (χ0) is 13.4. The number of aromatic nitrogens is 1. The molecule has 2 heterocycles. The van der Waals surface area contributed by atoms with Crippen molar-refractivity contribution in [3.05, 3.63) is 35.0 Å². The SMILES string of the molecule is CCOC(=O)c1nc2cc3c(cc2cc1N)COC3. The van der Waals surface area contributed by atoms with Crippen LogP contribution in [0.1, 0.15) is 28.5 Å². The van der Waals surface area contributed by atoms with E-state index in [2.05, 4.69) is 4.98 Å². The van der Waals surface area contributed by atoms with Crippen LogP contribution in [0.5, 0.6) is 0 Å². The maximum Gasteiger partial charge on any atom is 0.359 e. The van der Waals surface area contributed by atoms with Gasteiger partial charge in [-0.3, -0.25) is 0 Å². The van der Waals surface area contributed by atoms with Crippen molar-refractivity contribution in [1.82, 2.24) is 4.98 Å². The highest BCUT2D eigenvalue weighted by Crippen LogP contribution is 2.27. The average Bonchev–Trinajstić information content (AvgIpc) is 2.82. The largest absolute Gasteiger partial charge is 0.461 e. The van der Waals surface area contributed by atoms with E-state index in [4.69, 9.17) is 15.2 Å². The number of benzene rings is 1. The summed E-state index contributed by atoms with van der Waals surface area (Å²) in [6.07, 6.45) is 0. The number of carbonyl (C=O) groups is 1. The number of anilines is 1. The highest BCUT2D eigenvalue weighted by atomic mass is 16.5. The predicted octanol–water partition coefficient (Wildman–Crippen LogP) is 2.02. The number of nitrogen functional groups attached to an aromatic ring is 1. The summed E-state index contributed by atoms with van der Waals surface area (Å²) in [7, 11) is 0. The van der Waals surface area contributed by atoms with Crippen LogP contribution in [0.15, 0.2) is 18.2 Å². The van der Waals surface area contributed by atoms with Crippen molar-refractivity contribution in [2.45, 2.75) is 20.1 Å². The number of hydrogen-bond donors (Lipinski definition) is 1. The monoisotopic (exact) mass is 258 g/mol. The van der Waals surface area contributed by atoms with Gasteiger partial charge in [-0.1, -0.05) is 0 Å². The maximum absolute atomic E-state index is 11.8. The second-order valence-electron chi connectivity index (χ2n) is 4.45. The normalized spacial score (nSPS) is 13.5. The van der Waals surface area contributed by atoms with E-state index in [1.807, 2.05) is 12.1 Å². The molecule has 0 atom stereocenters. The number of nitrogens with zero attached hydrogens (tertiary/aromatic N) is 1. The van der Waals surface area contributed by atoms with E-state index < -0.39 is 5.97 Å². The first-order chi connectivity index (χ1) is 9.19. The van der Waals surface area contributed by atoms with Crippen molar-refractivity contribution in [3.63, 3.8) is 0 Å². The Morgan fingerprint density at radius 3 is 2.84 bits per heavy atom. The zero-order valence-electron chi connectivity index (χ0n) is 10.6. The lowest BCUT2D eigenvalue weighted by molar-refractivity contribution is 0.0521. The fraction of sp³-hybridized carbons (Fsp3) is 0.286. The molecule has 0 unspecified atom stereocenters. The van der Waals surface area contributed by atoms with Gasteiger partial charge in [0.2, 0.25) is 0 Å². The first kappa shape index (κ1) is 11.9. The molecule has 0 amide bonds. The Bertz CT molecular complexity index is 667. The van der Waals surface area contributed by atoms with Crippen molar-refractivity contribution in [3.8, 4) is 0 Å². The van der Waals surface area contributed by atoms with Gasteiger partial charge < -0.3 is 15.2 Å². The molecule has 1 aromatic carbocycles. The van der Waals surface area contributed by atoms with Gasteiger partial charge in [-0.2, -0.15) is 0 Å². The summed E-state index contributed by atoms with van der Waals surface area (Å²) >= 11 is 0. The number of hydrogen-bond acceptors (Lipinski definition) is 5. The van der Waals surface area contributed by atoms with Crippen LogP contribution in [0, 0.1) is 0 Å². The molecule has 0 saturated carbocycles. The second-order valence-corrected chi connectivity index (χ2v) is 4.45. The fourth-order valence-corrected chi connectivity index (χ4v) is 2.23. The topological polar surface area (TPSA) is 74.4 Å². The summed E-state index contributed by atoms with van der Waals surface area (Å²) in [5.74, 6) is -0.487. The van der Waals surface area contributed by atoms with Crippen LogP contribution in [0.2, 0.25) is 0 Å². The van der Waals surface area contributed by atoms with Crippen LogP contribution < -0.4 is 5.73 Å². The third-order valence-electron chi connectivity index (χ3n) is 3.15. The molecule has 5 nitrogen and oxygen atoms in total. The Balaban J connectivity index is 2.14. The molecular formula is C14H14N2O3. The number of fused-ring (bicyclic) bond motifs is 2. The van der Waals surface area contributed by atoms with Gasteiger partial charge in [-0.25, -0.2) is 9.78 Å². The highest BCUT2D eigenvalue weighted by Gasteiger charge is 2.17. The Morgan fingerprint density at radius 2 is 2.11 bits per heavy atom. The summed E-state index contributed by atoms with van der Waals surface area (Å²) in [6, 6.07) is 5.71. The minimum atomic E-state index is -0.487. The molecule has 3 rings (SSSR count). The van der Waals surface area contributed by atoms with Crippen LogP contribution >= 0.6 is 0 Å². The number of esters is 1. The molecule has 1 aliphatic heterocycles. The van der Waals surface area contributed by atoms with E-state index >= 15 is 0 Å². The van der Waals surface area contributed by atoms with Crippen LogP contribution in [0.4, 0.5) is 5.69 Å². The first-order valence-corrected chi connectivity index (χ1v) is 6.16. The number of pyridine rings is 1. The third kappa shape index (κ3) is 2.02. The van der Waals surface area contributed by atoms with E-state index in [0.29, 0.717) is 25.5 Å². The van der Waals surface area contributed by atoms with E-state index in [1.165, 1.54) is 0 Å². The Labute approximate surface area is 110 Å². The van der Waals surface area contributed by atoms with Crippen LogP contribution in [-0.2, 0) is 22.7 Å². The van der Waals surface area contributed by atoms with Gasteiger partial charge in [0.05, 0.1) is 31.0 Å². The molecule has 0 fully saturated rings. The minimum absolute atomic E-state index is 0.174. The first-order valence-electron chi connectivity index (χ1n) is 6.16. The van der Waals surface area contributed by atoms with Crippen molar-refractivity contribution >= 4 is 22.6 Å². The number of nitrogens with two attached hydrogens (primary N) is 1. The van der Waals surface area contributed by atoms with Crippen LogP contribution in [0.3, 0.4) is 0 Å². The van der Waals surface area contributed by atoms with E-state index in [-0.39, 0.29) is 5.69 Å². The quantitative estimate of drug-likeness (QED) is 0.834. The third-order valence-corrected chi connectivity index (χ3v) is 3.15. The second kappa shape index (κ2) is 4.51. The Morgan fingerprint density at radius 1 is 1.37 bits per heavy atom. The Kier molecular flexibility index (Phi) is 2.83. The maximum atomic E-state index is 11.8. The predicted molar refractivity (Wildman–Crippen MR) is 70.6 cm³/mol. The summed E-state index contributed by atoms with van der Waals surface area (Å²) < 4.78 is 10.3. The molecule has 19 heavy (non-hydrogen) atoms. The smallest absolute Gasteiger partial charge is 0.359 e. The average molecular weight is 258 g/mol. The Hall–Kier alpha value is -2.14. The lowest BCUT2D eigenvalue weighted by atomic mass is 10.1. The fourth-order valence-electron chi connectivity index (χ4n) is 2.23. The van der Waals surface area contributed by atoms with Crippen LogP contribution in [-0.4, -0.2) is 17.6 Å². The molecule has 1 aromatic heterocycles. The standard InChI is InChI=1S/C14H14N2O3/c1-2-19-14(17)13-11(15)4-8-3-9-6-18-7-10(9)5-12(8)16-13/h3-5H,2,6-7,15H2,1H3. The molecule has 2 aromatic rings. The molecule has 98 valence electrons. The van der Waals surface area contributed by atoms with E-state index in [1.54, 1.807) is 13.0 Å². The summed E-state index contributed by atoms with van der Waals surface area (Å²) in [5.41, 5.74) is 9.38. The molecule has 0 radical (unpaired) electrons. The van der Waals surface area contributed by atoms with Gasteiger partial charge in [0, 0.05) is 5.39 Å². The minimum Gasteiger partial charge on any atom is -0.461 e. The molecule has 0 spiro atoms. The number of rotatable bonds is 2. The lowest BCUT2D eigenvalue weighted by Gasteiger charge is -2.07. The molecule has 0 saturated heterocycles. The molecule has 0 aliphatic carbocycles. The number of carbonyl (C=O) groups excluding carboxylic acids is 1. The van der Waals surface area contributed by atoms with Gasteiger partial charge in [-0.05, 0) is 36.2 Å². The van der Waals surface area contributed by atoms with Crippen molar-refractivity contribution in [2.24, 2.45) is 0 Å². The van der Waals surface area contributed by atoms with E-state index in [9.17, 15) is 4.79 Å². The van der Waals surface area contributed by atoms with E-state index in [0.717, 1.165) is 22.0 Å². The molecule has 1 aliphatic rings. The molecule has 2 N–H and O–H groups in total. The zero-order valence-corrected chi connectivity index (χ0v) is 10.6. The van der Waals surface area contributed by atoms with Gasteiger partial charge >= 0.3 is 5.97 Å². The summed E-state index contributed by atoms with van der Waals surface area (Å²) in [6.45, 7) is 3.26. The van der Waals surface area contributed by atoms with Gasteiger partial charge in [0.15, 0.2) is 5.69 Å². The van der Waals surface area contributed by atoms with Gasteiger partial charge in [0.1, 0.15) is 0 Å². The van der Waals surface area contributed by atoms with Crippen molar-refractivity contribution < 1.29 is 14.3 Å². The van der Waals surface area contributed by atoms with Gasteiger partial charge in [0.25, 0.3) is 0 Å². The lowest BCUT2D eigenvalue weighted by Crippen LogP contribution is -2.10. The number of ether oxygens (including phenoxy) is 2. The highest BCUT2D eigenvalue weighted by molar-refractivity contribution is 5.97. The van der Waals surface area contributed by atoms with Gasteiger partial charge in [-0.15, -0.1) is 0 Å². The molecular weight excluding hydrogens is 244 g/mol. The van der Waals surface area contributed by atoms with Crippen molar-refractivity contribution in [2.75, 3.05) is 12.3 Å². The molecule has 0 bridgehead atoms. The molecule has 5 heteroatoms. The summed E-state index contributed by atoms with van der Waals surface area (Å²) in [4.78, 5) is 16.1. The van der Waals surface area contributed by atoms with Crippen molar-refractivity contribution in [1.29, 1.82) is 0 Å².